The molecule has 0 saturated heterocycles. The van der Waals surface area contributed by atoms with Crippen molar-refractivity contribution in [2.24, 2.45) is 5.92 Å². The molecule has 3 nitrogen and oxygen atoms in total. The van der Waals surface area contributed by atoms with Gasteiger partial charge in [-0.1, -0.05) is 27.7 Å². The summed E-state index contributed by atoms with van der Waals surface area (Å²) in [6, 6.07) is 4.49. The fraction of sp³-hybridized carbons (Fsp3) is 0.733. The van der Waals surface area contributed by atoms with Crippen LogP contribution in [-0.2, 0) is 17.9 Å². The molecule has 0 aliphatic heterocycles. The van der Waals surface area contributed by atoms with Crippen molar-refractivity contribution in [3.05, 3.63) is 23.7 Å². The van der Waals surface area contributed by atoms with Gasteiger partial charge in [0.05, 0.1) is 12.6 Å². The Morgan fingerprint density at radius 1 is 1.11 bits per heavy atom. The minimum absolute atomic E-state index is 0.285. The van der Waals surface area contributed by atoms with E-state index in [4.69, 9.17) is 9.15 Å². The van der Waals surface area contributed by atoms with Crippen molar-refractivity contribution in [1.82, 2.24) is 5.32 Å². The first-order valence-electron chi connectivity index (χ1n) is 6.90. The third kappa shape index (κ3) is 6.22. The zero-order valence-electron chi connectivity index (χ0n) is 12.3. The van der Waals surface area contributed by atoms with Crippen molar-refractivity contribution in [1.29, 1.82) is 0 Å². The van der Waals surface area contributed by atoms with E-state index in [-0.39, 0.29) is 6.10 Å². The Morgan fingerprint density at radius 3 is 2.39 bits per heavy atom. The van der Waals surface area contributed by atoms with Crippen molar-refractivity contribution in [2.45, 2.75) is 66.3 Å². The first-order chi connectivity index (χ1) is 8.47. The molecular formula is C15H27NO2. The van der Waals surface area contributed by atoms with E-state index < -0.39 is 0 Å². The van der Waals surface area contributed by atoms with Crippen LogP contribution in [0.4, 0.5) is 0 Å². The second kappa shape index (κ2) is 7.59. The molecule has 18 heavy (non-hydrogen) atoms. The lowest BCUT2D eigenvalue weighted by atomic mass is 10.1. The predicted octanol–water partition coefficient (Wildman–Crippen LogP) is 3.73. The fourth-order valence-electron chi connectivity index (χ4n) is 1.86. The summed E-state index contributed by atoms with van der Waals surface area (Å²) in [5.41, 5.74) is 0. The van der Waals surface area contributed by atoms with Gasteiger partial charge >= 0.3 is 0 Å². The topological polar surface area (TPSA) is 34.4 Å². The summed E-state index contributed by atoms with van der Waals surface area (Å²) in [5.74, 6) is 2.55. The number of nitrogens with one attached hydrogen (secondary N) is 1. The molecule has 0 aromatic carbocycles. The molecule has 0 amide bonds. The standard InChI is InChI=1S/C15H27NO2/c1-11(2)8-13(5)17-10-15-7-6-14(18-15)9-16-12(3)4/h6-7,11-13,16H,8-10H2,1-5H3. The van der Waals surface area contributed by atoms with Crippen molar-refractivity contribution in [2.75, 3.05) is 0 Å². The molecule has 0 spiro atoms. The summed E-state index contributed by atoms with van der Waals surface area (Å²) in [4.78, 5) is 0. The Balaban J connectivity index is 2.30. The van der Waals surface area contributed by atoms with Gasteiger partial charge in [-0.15, -0.1) is 0 Å². The second-order valence-electron chi connectivity index (χ2n) is 5.65. The van der Waals surface area contributed by atoms with E-state index in [1.54, 1.807) is 0 Å². The Kier molecular flexibility index (Phi) is 6.44. The molecule has 3 heteroatoms. The van der Waals surface area contributed by atoms with Crippen LogP contribution in [0.5, 0.6) is 0 Å². The molecule has 104 valence electrons. The van der Waals surface area contributed by atoms with Crippen molar-refractivity contribution in [3.63, 3.8) is 0 Å². The van der Waals surface area contributed by atoms with E-state index in [9.17, 15) is 0 Å². The van der Waals surface area contributed by atoms with E-state index in [2.05, 4.69) is 39.9 Å². The van der Waals surface area contributed by atoms with Gasteiger partial charge in [-0.3, -0.25) is 0 Å². The molecule has 0 fully saturated rings. The van der Waals surface area contributed by atoms with Gasteiger partial charge in [-0.25, -0.2) is 0 Å². The van der Waals surface area contributed by atoms with E-state index in [0.717, 1.165) is 24.5 Å². The maximum Gasteiger partial charge on any atom is 0.129 e. The molecule has 0 aliphatic carbocycles. The van der Waals surface area contributed by atoms with Gasteiger partial charge in [0.1, 0.15) is 18.1 Å². The van der Waals surface area contributed by atoms with Crippen LogP contribution in [0, 0.1) is 5.92 Å². The van der Waals surface area contributed by atoms with Gasteiger partial charge in [0.2, 0.25) is 0 Å². The van der Waals surface area contributed by atoms with Crippen LogP contribution in [0.3, 0.4) is 0 Å². The molecule has 1 N–H and O–H groups in total. The number of hydrogen-bond acceptors (Lipinski definition) is 3. The van der Waals surface area contributed by atoms with Gasteiger partial charge in [-0.2, -0.15) is 0 Å². The fourth-order valence-corrected chi connectivity index (χ4v) is 1.86. The summed E-state index contributed by atoms with van der Waals surface area (Å²) in [5, 5.41) is 3.33. The molecule has 0 saturated carbocycles. The summed E-state index contributed by atoms with van der Waals surface area (Å²) in [7, 11) is 0. The van der Waals surface area contributed by atoms with Crippen molar-refractivity contribution in [3.8, 4) is 0 Å². The van der Waals surface area contributed by atoms with E-state index in [0.29, 0.717) is 18.6 Å². The zero-order valence-corrected chi connectivity index (χ0v) is 12.3. The average Bonchev–Trinajstić information content (AvgIpc) is 2.70. The maximum absolute atomic E-state index is 5.76. The Morgan fingerprint density at radius 2 is 1.78 bits per heavy atom. The molecule has 0 radical (unpaired) electrons. The van der Waals surface area contributed by atoms with E-state index in [1.165, 1.54) is 0 Å². The van der Waals surface area contributed by atoms with Gasteiger partial charge in [0.25, 0.3) is 0 Å². The Labute approximate surface area is 111 Å². The van der Waals surface area contributed by atoms with Gasteiger partial charge < -0.3 is 14.5 Å². The predicted molar refractivity (Wildman–Crippen MR) is 74.4 cm³/mol. The van der Waals surface area contributed by atoms with Crippen LogP contribution in [0.1, 0.15) is 52.6 Å². The normalized spacial score (nSPS) is 13.5. The molecule has 1 rings (SSSR count). The lowest BCUT2D eigenvalue weighted by Gasteiger charge is -2.14. The molecule has 0 bridgehead atoms. The first-order valence-corrected chi connectivity index (χ1v) is 6.90. The van der Waals surface area contributed by atoms with Crippen LogP contribution in [0.25, 0.3) is 0 Å². The van der Waals surface area contributed by atoms with E-state index >= 15 is 0 Å². The molecule has 1 aromatic heterocycles. The SMILES string of the molecule is CC(C)CC(C)OCc1ccc(CNC(C)C)o1. The number of ether oxygens (including phenoxy) is 1. The highest BCUT2D eigenvalue weighted by Crippen LogP contribution is 2.13. The van der Waals surface area contributed by atoms with Crippen molar-refractivity contribution < 1.29 is 9.15 Å². The summed E-state index contributed by atoms with van der Waals surface area (Å²) < 4.78 is 11.5. The van der Waals surface area contributed by atoms with Crippen LogP contribution in [-0.4, -0.2) is 12.1 Å². The average molecular weight is 253 g/mol. The number of hydrogen-bond donors (Lipinski definition) is 1. The van der Waals surface area contributed by atoms with Crippen LogP contribution in [0.2, 0.25) is 0 Å². The highest BCUT2D eigenvalue weighted by atomic mass is 16.5. The maximum atomic E-state index is 5.76. The molecule has 1 unspecified atom stereocenters. The molecule has 1 atom stereocenters. The minimum Gasteiger partial charge on any atom is -0.462 e. The van der Waals surface area contributed by atoms with Gasteiger partial charge in [-0.05, 0) is 31.4 Å². The lowest BCUT2D eigenvalue weighted by molar-refractivity contribution is 0.0298. The monoisotopic (exact) mass is 253 g/mol. The molecular weight excluding hydrogens is 226 g/mol. The summed E-state index contributed by atoms with van der Waals surface area (Å²) in [6.45, 7) is 12.1. The third-order valence-corrected chi connectivity index (χ3v) is 2.72. The quantitative estimate of drug-likeness (QED) is 0.766. The van der Waals surface area contributed by atoms with Crippen LogP contribution >= 0.6 is 0 Å². The highest BCUT2D eigenvalue weighted by Gasteiger charge is 2.08. The largest absolute Gasteiger partial charge is 0.462 e. The Bertz CT molecular complexity index is 331. The Hall–Kier alpha value is -0.800. The number of furan rings is 1. The van der Waals surface area contributed by atoms with Gasteiger partial charge in [0.15, 0.2) is 0 Å². The molecule has 1 heterocycles. The highest BCUT2D eigenvalue weighted by molar-refractivity contribution is 5.06. The summed E-state index contributed by atoms with van der Waals surface area (Å²) in [6.07, 6.45) is 1.37. The second-order valence-corrected chi connectivity index (χ2v) is 5.65. The zero-order chi connectivity index (χ0) is 13.5. The van der Waals surface area contributed by atoms with Crippen LogP contribution in [0.15, 0.2) is 16.5 Å². The molecule has 0 aliphatic rings. The number of rotatable bonds is 8. The van der Waals surface area contributed by atoms with Crippen molar-refractivity contribution >= 4 is 0 Å². The lowest BCUT2D eigenvalue weighted by Crippen LogP contribution is -2.21. The van der Waals surface area contributed by atoms with E-state index in [1.807, 2.05) is 12.1 Å². The van der Waals surface area contributed by atoms with Crippen LogP contribution < -0.4 is 5.32 Å². The first kappa shape index (κ1) is 15.3. The third-order valence-electron chi connectivity index (χ3n) is 2.72. The smallest absolute Gasteiger partial charge is 0.129 e. The minimum atomic E-state index is 0.285. The summed E-state index contributed by atoms with van der Waals surface area (Å²) >= 11 is 0. The van der Waals surface area contributed by atoms with Gasteiger partial charge in [0, 0.05) is 6.04 Å². The molecule has 1 aromatic rings.